The first kappa shape index (κ1) is 9.53. The van der Waals surface area contributed by atoms with Gasteiger partial charge in [-0.15, -0.1) is 0 Å². The zero-order chi connectivity index (χ0) is 9.97. The van der Waals surface area contributed by atoms with E-state index >= 15 is 0 Å². The van der Waals surface area contributed by atoms with Gasteiger partial charge >= 0.3 is 0 Å². The quantitative estimate of drug-likeness (QED) is 0.533. The third kappa shape index (κ3) is 2.07. The molecule has 0 unspecified atom stereocenters. The standard InChI is InChI=1S/C10H16BN3/c1-13-4-6-14(7-5-13)10-3-2-9(11)8-12-10/h2-3,8H,4-7,11H2,1H3. The Balaban J connectivity index is 2.05. The number of rotatable bonds is 1. The minimum absolute atomic E-state index is 1.09. The van der Waals surface area contributed by atoms with E-state index < -0.39 is 0 Å². The predicted molar refractivity (Wildman–Crippen MR) is 62.1 cm³/mol. The Hall–Kier alpha value is -1.03. The molecule has 74 valence electrons. The van der Waals surface area contributed by atoms with E-state index in [9.17, 15) is 0 Å². The smallest absolute Gasteiger partial charge is 0.141 e. The van der Waals surface area contributed by atoms with Crippen LogP contribution in [0.25, 0.3) is 0 Å². The molecule has 1 aliphatic heterocycles. The first-order valence-electron chi connectivity index (χ1n) is 5.12. The fourth-order valence-electron chi connectivity index (χ4n) is 1.68. The van der Waals surface area contributed by atoms with Gasteiger partial charge in [-0.1, -0.05) is 11.5 Å². The number of pyridine rings is 1. The van der Waals surface area contributed by atoms with Gasteiger partial charge in [-0.3, -0.25) is 0 Å². The van der Waals surface area contributed by atoms with Gasteiger partial charge in [0.05, 0.1) is 0 Å². The Morgan fingerprint density at radius 3 is 2.50 bits per heavy atom. The van der Waals surface area contributed by atoms with Crippen LogP contribution in [-0.2, 0) is 0 Å². The molecule has 0 aromatic carbocycles. The summed E-state index contributed by atoms with van der Waals surface area (Å²) >= 11 is 0. The molecular weight excluding hydrogens is 173 g/mol. The SMILES string of the molecule is Bc1ccc(N2CCN(C)CC2)nc1. The summed E-state index contributed by atoms with van der Waals surface area (Å²) in [6, 6.07) is 4.24. The van der Waals surface area contributed by atoms with Crippen molar-refractivity contribution in [1.29, 1.82) is 0 Å². The summed E-state index contributed by atoms with van der Waals surface area (Å²) in [4.78, 5) is 9.13. The number of anilines is 1. The van der Waals surface area contributed by atoms with Gasteiger partial charge in [0.25, 0.3) is 0 Å². The van der Waals surface area contributed by atoms with Crippen molar-refractivity contribution >= 4 is 19.1 Å². The lowest BCUT2D eigenvalue weighted by molar-refractivity contribution is 0.312. The topological polar surface area (TPSA) is 19.4 Å². The highest BCUT2D eigenvalue weighted by Crippen LogP contribution is 2.10. The first-order chi connectivity index (χ1) is 6.75. The van der Waals surface area contributed by atoms with Crippen LogP contribution in [0, 0.1) is 0 Å². The average molecular weight is 189 g/mol. The van der Waals surface area contributed by atoms with Crippen LogP contribution in [0.1, 0.15) is 0 Å². The normalized spacial score (nSPS) is 18.5. The molecule has 2 heterocycles. The molecule has 2 rings (SSSR count). The molecule has 3 nitrogen and oxygen atoms in total. The lowest BCUT2D eigenvalue weighted by Crippen LogP contribution is -2.44. The van der Waals surface area contributed by atoms with Gasteiger partial charge in [0, 0.05) is 32.4 Å². The Kier molecular flexibility index (Phi) is 2.73. The molecule has 1 saturated heterocycles. The lowest BCUT2D eigenvalue weighted by Gasteiger charge is -2.33. The van der Waals surface area contributed by atoms with Crippen molar-refractivity contribution in [2.75, 3.05) is 38.1 Å². The summed E-state index contributed by atoms with van der Waals surface area (Å²) in [5.41, 5.74) is 1.22. The summed E-state index contributed by atoms with van der Waals surface area (Å²) in [6.07, 6.45) is 1.94. The fraction of sp³-hybridized carbons (Fsp3) is 0.500. The van der Waals surface area contributed by atoms with Crippen LogP contribution >= 0.6 is 0 Å². The van der Waals surface area contributed by atoms with E-state index in [0.29, 0.717) is 0 Å². The molecule has 4 heteroatoms. The molecular formula is C10H16BN3. The van der Waals surface area contributed by atoms with Crippen molar-refractivity contribution in [2.45, 2.75) is 0 Å². The van der Waals surface area contributed by atoms with Crippen LogP contribution < -0.4 is 10.4 Å². The highest BCUT2D eigenvalue weighted by Gasteiger charge is 2.14. The highest BCUT2D eigenvalue weighted by molar-refractivity contribution is 6.32. The van der Waals surface area contributed by atoms with Crippen molar-refractivity contribution in [3.8, 4) is 0 Å². The summed E-state index contributed by atoms with van der Waals surface area (Å²) < 4.78 is 0. The third-order valence-corrected chi connectivity index (χ3v) is 2.72. The van der Waals surface area contributed by atoms with Gasteiger partial charge in [-0.2, -0.15) is 0 Å². The molecule has 1 aliphatic rings. The van der Waals surface area contributed by atoms with Gasteiger partial charge < -0.3 is 9.80 Å². The summed E-state index contributed by atoms with van der Waals surface area (Å²) in [5.74, 6) is 1.11. The van der Waals surface area contributed by atoms with E-state index in [0.717, 1.165) is 32.0 Å². The summed E-state index contributed by atoms with van der Waals surface area (Å²) in [6.45, 7) is 4.45. The summed E-state index contributed by atoms with van der Waals surface area (Å²) in [5, 5.41) is 0. The lowest BCUT2D eigenvalue weighted by atomic mass is 9.99. The van der Waals surface area contributed by atoms with Crippen molar-refractivity contribution in [1.82, 2.24) is 9.88 Å². The third-order valence-electron chi connectivity index (χ3n) is 2.72. The zero-order valence-electron chi connectivity index (χ0n) is 8.90. The van der Waals surface area contributed by atoms with Gasteiger partial charge in [0.2, 0.25) is 0 Å². The Morgan fingerprint density at radius 1 is 1.21 bits per heavy atom. The van der Waals surface area contributed by atoms with Gasteiger partial charge in [0.15, 0.2) is 0 Å². The maximum absolute atomic E-state index is 4.43. The molecule has 14 heavy (non-hydrogen) atoms. The average Bonchev–Trinajstić information content (AvgIpc) is 2.21. The molecule has 0 N–H and O–H groups in total. The van der Waals surface area contributed by atoms with Gasteiger partial charge in [0.1, 0.15) is 13.7 Å². The molecule has 0 amide bonds. The Labute approximate surface area is 86.1 Å². The van der Waals surface area contributed by atoms with Crippen molar-refractivity contribution in [2.24, 2.45) is 0 Å². The molecule has 1 aromatic heterocycles. The van der Waals surface area contributed by atoms with Crippen LogP contribution in [0.15, 0.2) is 18.3 Å². The second kappa shape index (κ2) is 4.01. The second-order valence-corrected chi connectivity index (χ2v) is 3.98. The van der Waals surface area contributed by atoms with Crippen LogP contribution in [0.5, 0.6) is 0 Å². The molecule has 0 saturated carbocycles. The van der Waals surface area contributed by atoms with Crippen molar-refractivity contribution in [3.63, 3.8) is 0 Å². The molecule has 1 fully saturated rings. The van der Waals surface area contributed by atoms with Crippen LogP contribution in [0.3, 0.4) is 0 Å². The molecule has 1 aromatic rings. The largest absolute Gasteiger partial charge is 0.354 e. The zero-order valence-corrected chi connectivity index (χ0v) is 8.90. The predicted octanol–water partition coefficient (Wildman–Crippen LogP) is -0.908. The number of hydrogen-bond donors (Lipinski definition) is 0. The minimum Gasteiger partial charge on any atom is -0.354 e. The van der Waals surface area contributed by atoms with Gasteiger partial charge in [-0.25, -0.2) is 4.98 Å². The van der Waals surface area contributed by atoms with Crippen molar-refractivity contribution in [3.05, 3.63) is 18.3 Å². The number of aromatic nitrogens is 1. The molecule has 0 atom stereocenters. The van der Waals surface area contributed by atoms with Crippen LogP contribution in [-0.4, -0.2) is 51.0 Å². The van der Waals surface area contributed by atoms with E-state index in [1.807, 2.05) is 6.20 Å². The maximum Gasteiger partial charge on any atom is 0.141 e. The van der Waals surface area contributed by atoms with Crippen molar-refractivity contribution < 1.29 is 0 Å². The molecule has 0 spiro atoms. The number of hydrogen-bond acceptors (Lipinski definition) is 3. The number of nitrogens with zero attached hydrogens (tertiary/aromatic N) is 3. The van der Waals surface area contributed by atoms with E-state index in [4.69, 9.17) is 0 Å². The van der Waals surface area contributed by atoms with Gasteiger partial charge in [-0.05, 0) is 13.1 Å². The van der Waals surface area contributed by atoms with E-state index in [1.165, 1.54) is 5.46 Å². The first-order valence-corrected chi connectivity index (χ1v) is 5.12. The maximum atomic E-state index is 4.43. The molecule has 0 aliphatic carbocycles. The number of likely N-dealkylation sites (N-methyl/N-ethyl adjacent to an activating group) is 1. The molecule has 0 bridgehead atoms. The van der Waals surface area contributed by atoms with Crippen LogP contribution in [0.4, 0.5) is 5.82 Å². The van der Waals surface area contributed by atoms with E-state index in [1.54, 1.807) is 0 Å². The van der Waals surface area contributed by atoms with E-state index in [-0.39, 0.29) is 0 Å². The number of piperazine rings is 1. The summed E-state index contributed by atoms with van der Waals surface area (Å²) in [7, 11) is 4.24. The monoisotopic (exact) mass is 189 g/mol. The van der Waals surface area contributed by atoms with E-state index in [2.05, 4.69) is 41.8 Å². The Bertz CT molecular complexity index is 291. The highest BCUT2D eigenvalue weighted by atomic mass is 15.3. The van der Waals surface area contributed by atoms with Crippen LogP contribution in [0.2, 0.25) is 0 Å². The molecule has 0 radical (unpaired) electrons. The second-order valence-electron chi connectivity index (χ2n) is 3.98. The Morgan fingerprint density at radius 2 is 1.93 bits per heavy atom. The minimum atomic E-state index is 1.09. The fourth-order valence-corrected chi connectivity index (χ4v) is 1.68.